The topological polar surface area (TPSA) is 94.5 Å². The van der Waals surface area contributed by atoms with E-state index in [1.54, 1.807) is 12.1 Å². The Morgan fingerprint density at radius 3 is 1.96 bits per heavy atom. The predicted molar refractivity (Wildman–Crippen MR) is 99.6 cm³/mol. The molecule has 0 heterocycles. The lowest BCUT2D eigenvalue weighted by molar-refractivity contribution is -0.140. The van der Waals surface area contributed by atoms with E-state index >= 15 is 0 Å². The van der Waals surface area contributed by atoms with Gasteiger partial charge in [-0.15, -0.1) is 0 Å². The van der Waals surface area contributed by atoms with Crippen molar-refractivity contribution in [2.24, 2.45) is 0 Å². The SMILES string of the molecule is CCOc1cc(C(=O)N(CCO)CCC(=O)OC)cc(OCC)c1OCC. The van der Waals surface area contributed by atoms with Gasteiger partial charge in [-0.2, -0.15) is 0 Å². The number of rotatable bonds is 12. The summed E-state index contributed by atoms with van der Waals surface area (Å²) >= 11 is 0. The smallest absolute Gasteiger partial charge is 0.307 e. The molecule has 1 rings (SSSR count). The zero-order chi connectivity index (χ0) is 20.2. The molecule has 152 valence electrons. The number of aliphatic hydroxyl groups excluding tert-OH is 1. The summed E-state index contributed by atoms with van der Waals surface area (Å²) in [6.45, 7) is 6.73. The quantitative estimate of drug-likeness (QED) is 0.551. The first-order chi connectivity index (χ1) is 13.0. The van der Waals surface area contributed by atoms with Crippen molar-refractivity contribution >= 4 is 11.9 Å². The number of hydrogen-bond acceptors (Lipinski definition) is 7. The van der Waals surface area contributed by atoms with Gasteiger partial charge in [0.25, 0.3) is 5.91 Å². The van der Waals surface area contributed by atoms with Gasteiger partial charge in [-0.1, -0.05) is 0 Å². The Bertz CT molecular complexity index is 591. The maximum atomic E-state index is 12.9. The van der Waals surface area contributed by atoms with Gasteiger partial charge in [0.15, 0.2) is 11.5 Å². The summed E-state index contributed by atoms with van der Waals surface area (Å²) in [4.78, 5) is 25.7. The minimum atomic E-state index is -0.428. The maximum absolute atomic E-state index is 12.9. The van der Waals surface area contributed by atoms with Crippen LogP contribution in [0.4, 0.5) is 0 Å². The molecule has 0 aliphatic carbocycles. The highest BCUT2D eigenvalue weighted by molar-refractivity contribution is 5.96. The Hall–Kier alpha value is -2.48. The minimum Gasteiger partial charge on any atom is -0.490 e. The molecule has 0 saturated heterocycles. The molecule has 0 atom stereocenters. The average molecular weight is 383 g/mol. The van der Waals surface area contributed by atoms with Crippen LogP contribution in [-0.4, -0.2) is 68.5 Å². The van der Waals surface area contributed by atoms with Gasteiger partial charge in [0.05, 0.1) is 40.0 Å². The molecule has 1 aromatic carbocycles. The first-order valence-electron chi connectivity index (χ1n) is 9.05. The number of benzene rings is 1. The van der Waals surface area contributed by atoms with Crippen LogP contribution in [0.25, 0.3) is 0 Å². The number of carbonyl (C=O) groups excluding carboxylic acids is 2. The number of hydrogen-bond donors (Lipinski definition) is 1. The molecular formula is C19H29NO7. The standard InChI is InChI=1S/C19H29NO7/c1-5-25-15-12-14(13-16(26-6-2)18(15)27-7-3)19(23)20(10-11-21)9-8-17(22)24-4/h12-13,21H,5-11H2,1-4H3. The maximum Gasteiger partial charge on any atom is 0.307 e. The second-order valence-corrected chi connectivity index (χ2v) is 5.44. The summed E-state index contributed by atoms with van der Waals surface area (Å²) in [5.74, 6) is 0.484. The Balaban J connectivity index is 3.22. The fourth-order valence-corrected chi connectivity index (χ4v) is 2.46. The van der Waals surface area contributed by atoms with E-state index in [2.05, 4.69) is 4.74 Å². The summed E-state index contributed by atoms with van der Waals surface area (Å²) in [6.07, 6.45) is 0.0376. The molecule has 0 radical (unpaired) electrons. The lowest BCUT2D eigenvalue weighted by Crippen LogP contribution is -2.35. The molecular weight excluding hydrogens is 354 g/mol. The van der Waals surface area contributed by atoms with Crippen molar-refractivity contribution in [3.63, 3.8) is 0 Å². The van der Waals surface area contributed by atoms with Crippen molar-refractivity contribution in [2.75, 3.05) is 46.6 Å². The van der Waals surface area contributed by atoms with E-state index in [4.69, 9.17) is 14.2 Å². The van der Waals surface area contributed by atoms with E-state index < -0.39 is 5.97 Å². The largest absolute Gasteiger partial charge is 0.490 e. The van der Waals surface area contributed by atoms with Crippen LogP contribution in [-0.2, 0) is 9.53 Å². The van der Waals surface area contributed by atoms with Gasteiger partial charge >= 0.3 is 5.97 Å². The van der Waals surface area contributed by atoms with E-state index in [9.17, 15) is 14.7 Å². The molecule has 0 aliphatic heterocycles. The number of methoxy groups -OCH3 is 1. The predicted octanol–water partition coefficient (Wildman–Crippen LogP) is 1.88. The van der Waals surface area contributed by atoms with Crippen molar-refractivity contribution in [2.45, 2.75) is 27.2 Å². The number of nitrogens with zero attached hydrogens (tertiary/aromatic N) is 1. The van der Waals surface area contributed by atoms with Crippen molar-refractivity contribution in [3.05, 3.63) is 17.7 Å². The summed E-state index contributed by atoms with van der Waals surface area (Å²) in [7, 11) is 1.29. The molecule has 0 spiro atoms. The molecule has 1 aromatic rings. The van der Waals surface area contributed by atoms with E-state index in [0.29, 0.717) is 42.6 Å². The van der Waals surface area contributed by atoms with Crippen molar-refractivity contribution in [1.29, 1.82) is 0 Å². The average Bonchev–Trinajstić information content (AvgIpc) is 2.66. The van der Waals surface area contributed by atoms with Crippen LogP contribution in [0.2, 0.25) is 0 Å². The number of carbonyl (C=O) groups is 2. The fourth-order valence-electron chi connectivity index (χ4n) is 2.46. The number of esters is 1. The van der Waals surface area contributed by atoms with Crippen molar-refractivity contribution in [1.82, 2.24) is 4.90 Å². The first-order valence-corrected chi connectivity index (χ1v) is 9.05. The number of ether oxygens (including phenoxy) is 4. The molecule has 0 aliphatic rings. The van der Waals surface area contributed by atoms with E-state index in [1.165, 1.54) is 12.0 Å². The van der Waals surface area contributed by atoms with Crippen LogP contribution in [0.5, 0.6) is 17.2 Å². The zero-order valence-corrected chi connectivity index (χ0v) is 16.4. The van der Waals surface area contributed by atoms with Crippen molar-refractivity contribution < 1.29 is 33.6 Å². The molecule has 0 aromatic heterocycles. The highest BCUT2D eigenvalue weighted by atomic mass is 16.5. The van der Waals surface area contributed by atoms with E-state index in [-0.39, 0.29) is 32.0 Å². The van der Waals surface area contributed by atoms with Gasteiger partial charge in [0.1, 0.15) is 0 Å². The normalized spacial score (nSPS) is 10.3. The lowest BCUT2D eigenvalue weighted by atomic mass is 10.1. The second kappa shape index (κ2) is 12.0. The third-order valence-electron chi connectivity index (χ3n) is 3.63. The molecule has 27 heavy (non-hydrogen) atoms. The van der Waals surface area contributed by atoms with Crippen molar-refractivity contribution in [3.8, 4) is 17.2 Å². The van der Waals surface area contributed by atoms with Gasteiger partial charge < -0.3 is 29.0 Å². The lowest BCUT2D eigenvalue weighted by Gasteiger charge is -2.23. The van der Waals surface area contributed by atoms with Gasteiger partial charge in [-0.3, -0.25) is 9.59 Å². The van der Waals surface area contributed by atoms with Crippen LogP contribution in [0.3, 0.4) is 0 Å². The van der Waals surface area contributed by atoms with Crippen LogP contribution in [0.1, 0.15) is 37.6 Å². The Morgan fingerprint density at radius 1 is 0.963 bits per heavy atom. The first kappa shape index (κ1) is 22.6. The van der Waals surface area contributed by atoms with Gasteiger partial charge in [-0.25, -0.2) is 0 Å². The summed E-state index contributed by atoms with van der Waals surface area (Å²) < 4.78 is 21.5. The van der Waals surface area contributed by atoms with Crippen LogP contribution < -0.4 is 14.2 Å². The highest BCUT2D eigenvalue weighted by Crippen LogP contribution is 2.39. The van der Waals surface area contributed by atoms with Crippen LogP contribution in [0, 0.1) is 0 Å². The minimum absolute atomic E-state index is 0.0376. The summed E-state index contributed by atoms with van der Waals surface area (Å²) in [6, 6.07) is 3.17. The Kier molecular flexibility index (Phi) is 10.0. The van der Waals surface area contributed by atoms with E-state index in [0.717, 1.165) is 0 Å². The molecule has 0 saturated carbocycles. The summed E-state index contributed by atoms with van der Waals surface area (Å²) in [5.41, 5.74) is 0.323. The number of amides is 1. The van der Waals surface area contributed by atoms with Crippen LogP contribution >= 0.6 is 0 Å². The van der Waals surface area contributed by atoms with Gasteiger partial charge in [-0.05, 0) is 32.9 Å². The Morgan fingerprint density at radius 2 is 1.52 bits per heavy atom. The van der Waals surface area contributed by atoms with Crippen LogP contribution in [0.15, 0.2) is 12.1 Å². The third kappa shape index (κ3) is 6.63. The van der Waals surface area contributed by atoms with E-state index in [1.807, 2.05) is 20.8 Å². The second-order valence-electron chi connectivity index (χ2n) is 5.44. The highest BCUT2D eigenvalue weighted by Gasteiger charge is 2.22. The fraction of sp³-hybridized carbons (Fsp3) is 0.579. The molecule has 8 heteroatoms. The molecule has 0 fully saturated rings. The zero-order valence-electron chi connectivity index (χ0n) is 16.4. The molecule has 0 bridgehead atoms. The van der Waals surface area contributed by atoms with Gasteiger partial charge in [0, 0.05) is 18.7 Å². The molecule has 8 nitrogen and oxygen atoms in total. The molecule has 1 amide bonds. The third-order valence-corrected chi connectivity index (χ3v) is 3.63. The Labute approximate surface area is 160 Å². The molecule has 0 unspecified atom stereocenters. The monoisotopic (exact) mass is 383 g/mol. The van der Waals surface area contributed by atoms with Gasteiger partial charge in [0.2, 0.25) is 5.75 Å². The molecule has 1 N–H and O–H groups in total. The summed E-state index contributed by atoms with van der Waals surface area (Å²) in [5, 5.41) is 9.27. The number of aliphatic hydroxyl groups is 1.